The molecule has 6 nitrogen and oxygen atoms in total. The maximum absolute atomic E-state index is 10.5. The van der Waals surface area contributed by atoms with Gasteiger partial charge in [-0.3, -0.25) is 4.90 Å². The number of ether oxygens (including phenoxy) is 1. The molecule has 6 heteroatoms. The summed E-state index contributed by atoms with van der Waals surface area (Å²) in [5, 5.41) is 28.1. The van der Waals surface area contributed by atoms with E-state index in [0.29, 0.717) is 5.56 Å². The smallest absolute Gasteiger partial charge is 0.329 e. The highest BCUT2D eigenvalue weighted by molar-refractivity contribution is 5.68. The van der Waals surface area contributed by atoms with Gasteiger partial charge in [0.05, 0.1) is 6.10 Å². The molecule has 1 aliphatic heterocycles. The van der Waals surface area contributed by atoms with Gasteiger partial charge in [-0.25, -0.2) is 4.79 Å². The standard InChI is InChI=1S/C15H21NO5/c1-10(13-8-11(17)2-3-14(13)18)16-6-4-12(5-7-16)21-9-15(19)20/h2-3,8,10,12,17-18H,4-7,9H2,1H3,(H,19,20). The molecular weight excluding hydrogens is 274 g/mol. The highest BCUT2D eigenvalue weighted by Gasteiger charge is 2.25. The minimum absolute atomic E-state index is 0.0162. The number of aromatic hydroxyl groups is 2. The van der Waals surface area contributed by atoms with E-state index in [1.165, 1.54) is 12.1 Å². The first kappa shape index (κ1) is 15.6. The van der Waals surface area contributed by atoms with Gasteiger partial charge in [0.1, 0.15) is 18.1 Å². The van der Waals surface area contributed by atoms with E-state index in [4.69, 9.17) is 9.84 Å². The van der Waals surface area contributed by atoms with Gasteiger partial charge in [0.2, 0.25) is 0 Å². The van der Waals surface area contributed by atoms with E-state index in [2.05, 4.69) is 4.90 Å². The van der Waals surface area contributed by atoms with Crippen LogP contribution in [0.2, 0.25) is 0 Å². The Morgan fingerprint density at radius 1 is 1.38 bits per heavy atom. The number of likely N-dealkylation sites (tertiary alicyclic amines) is 1. The molecule has 1 saturated heterocycles. The fourth-order valence-corrected chi connectivity index (χ4v) is 2.69. The second kappa shape index (κ2) is 6.78. The van der Waals surface area contributed by atoms with Gasteiger partial charge in [0.15, 0.2) is 0 Å². The van der Waals surface area contributed by atoms with Crippen molar-refractivity contribution in [3.8, 4) is 11.5 Å². The first-order valence-electron chi connectivity index (χ1n) is 7.06. The molecule has 0 aliphatic carbocycles. The molecule has 1 aliphatic rings. The molecule has 0 aromatic heterocycles. The molecule has 0 saturated carbocycles. The van der Waals surface area contributed by atoms with Crippen molar-refractivity contribution in [1.29, 1.82) is 0 Å². The van der Waals surface area contributed by atoms with Crippen molar-refractivity contribution in [3.05, 3.63) is 23.8 Å². The van der Waals surface area contributed by atoms with Gasteiger partial charge >= 0.3 is 5.97 Å². The Labute approximate surface area is 123 Å². The van der Waals surface area contributed by atoms with E-state index in [-0.39, 0.29) is 30.3 Å². The fraction of sp³-hybridized carbons (Fsp3) is 0.533. The van der Waals surface area contributed by atoms with Crippen molar-refractivity contribution in [1.82, 2.24) is 4.90 Å². The van der Waals surface area contributed by atoms with Crippen molar-refractivity contribution in [2.45, 2.75) is 31.9 Å². The summed E-state index contributed by atoms with van der Waals surface area (Å²) in [4.78, 5) is 12.7. The van der Waals surface area contributed by atoms with Crippen molar-refractivity contribution >= 4 is 5.97 Å². The number of aliphatic carboxylic acids is 1. The van der Waals surface area contributed by atoms with Crippen LogP contribution in [0.4, 0.5) is 0 Å². The van der Waals surface area contributed by atoms with E-state index < -0.39 is 5.97 Å². The number of carboxylic acids is 1. The molecule has 21 heavy (non-hydrogen) atoms. The highest BCUT2D eigenvalue weighted by atomic mass is 16.5. The molecule has 0 bridgehead atoms. The molecule has 1 atom stereocenters. The van der Waals surface area contributed by atoms with Gasteiger partial charge in [-0.05, 0) is 38.0 Å². The van der Waals surface area contributed by atoms with Crippen LogP contribution in [0.15, 0.2) is 18.2 Å². The lowest BCUT2D eigenvalue weighted by Crippen LogP contribution is -2.39. The van der Waals surface area contributed by atoms with Crippen molar-refractivity contribution in [2.24, 2.45) is 0 Å². The quantitative estimate of drug-likeness (QED) is 0.717. The zero-order valence-electron chi connectivity index (χ0n) is 12.0. The van der Waals surface area contributed by atoms with Crippen LogP contribution in [0, 0.1) is 0 Å². The number of hydrogen-bond acceptors (Lipinski definition) is 5. The van der Waals surface area contributed by atoms with Gasteiger partial charge in [-0.2, -0.15) is 0 Å². The number of carbonyl (C=O) groups is 1. The molecule has 1 heterocycles. The minimum Gasteiger partial charge on any atom is -0.508 e. The summed E-state index contributed by atoms with van der Waals surface area (Å²) in [6.45, 7) is 3.25. The van der Waals surface area contributed by atoms with E-state index in [9.17, 15) is 15.0 Å². The van der Waals surface area contributed by atoms with Crippen molar-refractivity contribution in [3.63, 3.8) is 0 Å². The van der Waals surface area contributed by atoms with Crippen LogP contribution in [0.1, 0.15) is 31.4 Å². The first-order chi connectivity index (χ1) is 9.97. The zero-order valence-corrected chi connectivity index (χ0v) is 12.0. The summed E-state index contributed by atoms with van der Waals surface area (Å²) in [5.74, 6) is -0.644. The van der Waals surface area contributed by atoms with Gasteiger partial charge in [0, 0.05) is 24.7 Å². The summed E-state index contributed by atoms with van der Waals surface area (Å²) in [6.07, 6.45) is 1.50. The van der Waals surface area contributed by atoms with Crippen LogP contribution in [0.25, 0.3) is 0 Å². The summed E-state index contributed by atoms with van der Waals surface area (Å²) in [5.41, 5.74) is 0.694. The number of benzene rings is 1. The van der Waals surface area contributed by atoms with Crippen LogP contribution >= 0.6 is 0 Å². The second-order valence-electron chi connectivity index (χ2n) is 5.36. The first-order valence-corrected chi connectivity index (χ1v) is 7.06. The number of piperidine rings is 1. The number of rotatable bonds is 5. The molecule has 1 aromatic rings. The Morgan fingerprint density at radius 2 is 2.05 bits per heavy atom. The number of nitrogens with zero attached hydrogens (tertiary/aromatic N) is 1. The Hall–Kier alpha value is -1.79. The number of phenolic OH excluding ortho intramolecular Hbond substituents is 2. The molecule has 0 radical (unpaired) electrons. The van der Waals surface area contributed by atoms with Crippen LogP contribution in [-0.2, 0) is 9.53 Å². The molecule has 116 valence electrons. The highest BCUT2D eigenvalue weighted by Crippen LogP contribution is 2.33. The average Bonchev–Trinajstić information content (AvgIpc) is 2.47. The third kappa shape index (κ3) is 4.09. The molecule has 1 aromatic carbocycles. The molecular formula is C15H21NO5. The van der Waals surface area contributed by atoms with Crippen LogP contribution in [-0.4, -0.2) is 52.0 Å². The predicted molar refractivity (Wildman–Crippen MR) is 76.4 cm³/mol. The van der Waals surface area contributed by atoms with Crippen molar-refractivity contribution < 1.29 is 24.9 Å². The third-order valence-corrected chi connectivity index (χ3v) is 3.93. The molecule has 0 amide bonds. The largest absolute Gasteiger partial charge is 0.508 e. The maximum atomic E-state index is 10.5. The third-order valence-electron chi connectivity index (χ3n) is 3.93. The lowest BCUT2D eigenvalue weighted by atomic mass is 10.0. The summed E-state index contributed by atoms with van der Waals surface area (Å²) in [6, 6.07) is 4.51. The van der Waals surface area contributed by atoms with Gasteiger partial charge in [-0.15, -0.1) is 0 Å². The van der Waals surface area contributed by atoms with E-state index >= 15 is 0 Å². The molecule has 3 N–H and O–H groups in total. The lowest BCUT2D eigenvalue weighted by Gasteiger charge is -2.36. The SMILES string of the molecule is CC(c1cc(O)ccc1O)N1CCC(OCC(=O)O)CC1. The lowest BCUT2D eigenvalue weighted by molar-refractivity contribution is -0.145. The molecule has 2 rings (SSSR count). The maximum Gasteiger partial charge on any atom is 0.329 e. The van der Waals surface area contributed by atoms with Gasteiger partial charge in [-0.1, -0.05) is 0 Å². The minimum atomic E-state index is -0.949. The second-order valence-corrected chi connectivity index (χ2v) is 5.36. The number of phenols is 2. The van der Waals surface area contributed by atoms with Crippen LogP contribution < -0.4 is 0 Å². The summed E-state index contributed by atoms with van der Waals surface area (Å²) < 4.78 is 5.31. The molecule has 1 fully saturated rings. The fourth-order valence-electron chi connectivity index (χ4n) is 2.69. The summed E-state index contributed by atoms with van der Waals surface area (Å²) >= 11 is 0. The van der Waals surface area contributed by atoms with Crippen LogP contribution in [0.3, 0.4) is 0 Å². The van der Waals surface area contributed by atoms with Gasteiger partial charge in [0.25, 0.3) is 0 Å². The number of carboxylic acid groups (broad SMARTS) is 1. The van der Waals surface area contributed by atoms with Gasteiger partial charge < -0.3 is 20.1 Å². The van der Waals surface area contributed by atoms with E-state index in [0.717, 1.165) is 25.9 Å². The zero-order chi connectivity index (χ0) is 15.4. The van der Waals surface area contributed by atoms with Crippen LogP contribution in [0.5, 0.6) is 11.5 Å². The van der Waals surface area contributed by atoms with E-state index in [1.807, 2.05) is 6.92 Å². The normalized spacial score (nSPS) is 18.5. The topological polar surface area (TPSA) is 90.2 Å². The molecule has 1 unspecified atom stereocenters. The Balaban J connectivity index is 1.92. The Morgan fingerprint density at radius 3 is 2.67 bits per heavy atom. The average molecular weight is 295 g/mol. The number of hydrogen-bond donors (Lipinski definition) is 3. The monoisotopic (exact) mass is 295 g/mol. The van der Waals surface area contributed by atoms with E-state index in [1.54, 1.807) is 6.07 Å². The van der Waals surface area contributed by atoms with Crippen molar-refractivity contribution in [2.75, 3.05) is 19.7 Å². The predicted octanol–water partition coefficient (Wildman–Crippen LogP) is 1.72. The summed E-state index contributed by atoms with van der Waals surface area (Å²) in [7, 11) is 0. The molecule has 0 spiro atoms. The Kier molecular flexibility index (Phi) is 5.03. The Bertz CT molecular complexity index is 497.